The highest BCUT2D eigenvalue weighted by Crippen LogP contribution is 2.27. The van der Waals surface area contributed by atoms with Crippen LogP contribution in [0.15, 0.2) is 30.3 Å². The number of anilines is 1. The van der Waals surface area contributed by atoms with E-state index in [-0.39, 0.29) is 6.10 Å². The molecule has 2 aromatic rings. The summed E-state index contributed by atoms with van der Waals surface area (Å²) in [6, 6.07) is 10.8. The molecular formula is C21H28N4O. The van der Waals surface area contributed by atoms with Crippen molar-refractivity contribution < 1.29 is 5.11 Å². The maximum absolute atomic E-state index is 10.2. The van der Waals surface area contributed by atoms with Gasteiger partial charge in [0.25, 0.3) is 0 Å². The number of hydrogen-bond acceptors (Lipinski definition) is 5. The number of benzene rings is 1. The van der Waals surface area contributed by atoms with Crippen molar-refractivity contribution in [3.8, 4) is 0 Å². The molecule has 1 aliphatic carbocycles. The van der Waals surface area contributed by atoms with Crippen molar-refractivity contribution in [3.05, 3.63) is 53.0 Å². The van der Waals surface area contributed by atoms with Crippen molar-refractivity contribution in [2.45, 2.75) is 57.7 Å². The van der Waals surface area contributed by atoms with Crippen LogP contribution >= 0.6 is 0 Å². The smallest absolute Gasteiger partial charge is 0.133 e. The molecule has 1 aromatic heterocycles. The quantitative estimate of drug-likeness (QED) is 0.866. The van der Waals surface area contributed by atoms with Crippen molar-refractivity contribution in [1.29, 1.82) is 0 Å². The van der Waals surface area contributed by atoms with Gasteiger partial charge in [-0.05, 0) is 44.6 Å². The molecule has 2 atom stereocenters. The summed E-state index contributed by atoms with van der Waals surface area (Å²) in [6.45, 7) is 4.40. The van der Waals surface area contributed by atoms with E-state index in [4.69, 9.17) is 0 Å². The third-order valence-electron chi connectivity index (χ3n) is 5.53. The van der Waals surface area contributed by atoms with Crippen molar-refractivity contribution in [3.63, 3.8) is 0 Å². The van der Waals surface area contributed by atoms with Crippen LogP contribution in [-0.2, 0) is 19.4 Å². The van der Waals surface area contributed by atoms with Crippen LogP contribution in [0, 0.1) is 6.92 Å². The van der Waals surface area contributed by atoms with Crippen molar-refractivity contribution in [2.75, 3.05) is 18.4 Å². The van der Waals surface area contributed by atoms with Crippen LogP contribution < -0.4 is 5.32 Å². The Bertz CT molecular complexity index is 749. The molecule has 2 N–H and O–H groups in total. The molecule has 5 nitrogen and oxygen atoms in total. The zero-order valence-electron chi connectivity index (χ0n) is 15.5. The van der Waals surface area contributed by atoms with Gasteiger partial charge >= 0.3 is 0 Å². The molecule has 2 unspecified atom stereocenters. The fourth-order valence-electron chi connectivity index (χ4n) is 4.26. The molecule has 1 aromatic carbocycles. The number of β-amino-alcohol motifs (C(OH)–C–C–N with tert-alkyl or cyclic N) is 1. The van der Waals surface area contributed by atoms with Gasteiger partial charge in [-0.2, -0.15) is 0 Å². The van der Waals surface area contributed by atoms with Crippen LogP contribution in [-0.4, -0.2) is 45.2 Å². The molecule has 0 bridgehead atoms. The maximum Gasteiger partial charge on any atom is 0.133 e. The Morgan fingerprint density at radius 1 is 1.15 bits per heavy atom. The SMILES string of the molecule is Cc1nc2c(c(NCC3CC(O)CN3Cc3ccccc3)n1)CCCC2. The fraction of sp³-hybridized carbons (Fsp3) is 0.524. The number of hydrogen-bond donors (Lipinski definition) is 2. The van der Waals surface area contributed by atoms with Gasteiger partial charge in [-0.1, -0.05) is 30.3 Å². The Morgan fingerprint density at radius 3 is 2.81 bits per heavy atom. The fourth-order valence-corrected chi connectivity index (χ4v) is 4.26. The van der Waals surface area contributed by atoms with Crippen LogP contribution in [0.25, 0.3) is 0 Å². The van der Waals surface area contributed by atoms with E-state index in [1.165, 1.54) is 29.7 Å². The van der Waals surface area contributed by atoms with Crippen molar-refractivity contribution in [2.24, 2.45) is 0 Å². The average Bonchev–Trinajstić information content (AvgIpc) is 2.99. The summed E-state index contributed by atoms with van der Waals surface area (Å²) in [4.78, 5) is 11.7. The van der Waals surface area contributed by atoms with Gasteiger partial charge in [-0.15, -0.1) is 0 Å². The number of aliphatic hydroxyl groups is 1. The van der Waals surface area contributed by atoms with E-state index in [2.05, 4.69) is 44.5 Å². The number of aryl methyl sites for hydroxylation is 2. The highest BCUT2D eigenvalue weighted by Gasteiger charge is 2.31. The third-order valence-corrected chi connectivity index (χ3v) is 5.53. The van der Waals surface area contributed by atoms with E-state index < -0.39 is 0 Å². The molecule has 0 radical (unpaired) electrons. The Hall–Kier alpha value is -1.98. The highest BCUT2D eigenvalue weighted by molar-refractivity contribution is 5.48. The molecule has 2 aliphatic rings. The van der Waals surface area contributed by atoms with E-state index in [1.54, 1.807) is 0 Å². The number of aliphatic hydroxyl groups excluding tert-OH is 1. The molecule has 1 fully saturated rings. The van der Waals surface area contributed by atoms with Crippen LogP contribution in [0.5, 0.6) is 0 Å². The van der Waals surface area contributed by atoms with E-state index in [1.807, 2.05) is 13.0 Å². The highest BCUT2D eigenvalue weighted by atomic mass is 16.3. The maximum atomic E-state index is 10.2. The number of nitrogens with zero attached hydrogens (tertiary/aromatic N) is 3. The number of fused-ring (bicyclic) bond motifs is 1. The summed E-state index contributed by atoms with van der Waals surface area (Å²) >= 11 is 0. The van der Waals surface area contributed by atoms with Gasteiger partial charge in [0, 0.05) is 36.9 Å². The predicted molar refractivity (Wildman–Crippen MR) is 103 cm³/mol. The minimum absolute atomic E-state index is 0.244. The lowest BCUT2D eigenvalue weighted by atomic mass is 9.96. The second-order valence-electron chi connectivity index (χ2n) is 7.59. The van der Waals surface area contributed by atoms with Gasteiger partial charge < -0.3 is 10.4 Å². The average molecular weight is 352 g/mol. The standard InChI is InChI=1S/C21H28N4O/c1-15-23-20-10-6-5-9-19(20)21(24-15)22-12-17-11-18(26)14-25(17)13-16-7-3-2-4-8-16/h2-4,7-8,17-18,26H,5-6,9-14H2,1H3,(H,22,23,24). The number of aromatic nitrogens is 2. The number of rotatable bonds is 5. The summed E-state index contributed by atoms with van der Waals surface area (Å²) in [6.07, 6.45) is 5.14. The van der Waals surface area contributed by atoms with E-state index in [0.29, 0.717) is 6.04 Å². The summed E-state index contributed by atoms with van der Waals surface area (Å²) in [5.74, 6) is 1.86. The Kier molecular flexibility index (Phi) is 5.18. The van der Waals surface area contributed by atoms with Gasteiger partial charge in [0.1, 0.15) is 11.6 Å². The predicted octanol–water partition coefficient (Wildman–Crippen LogP) is 2.71. The van der Waals surface area contributed by atoms with Crippen LogP contribution in [0.4, 0.5) is 5.82 Å². The van der Waals surface area contributed by atoms with Crippen LogP contribution in [0.2, 0.25) is 0 Å². The van der Waals surface area contributed by atoms with Crippen molar-refractivity contribution in [1.82, 2.24) is 14.9 Å². The molecule has 2 heterocycles. The summed E-state index contributed by atoms with van der Waals surface area (Å²) in [5, 5.41) is 13.8. The molecule has 138 valence electrons. The zero-order chi connectivity index (χ0) is 17.9. The molecule has 1 saturated heterocycles. The summed E-state index contributed by atoms with van der Waals surface area (Å²) < 4.78 is 0. The Balaban J connectivity index is 1.45. The van der Waals surface area contributed by atoms with E-state index in [0.717, 1.165) is 50.5 Å². The van der Waals surface area contributed by atoms with E-state index in [9.17, 15) is 5.11 Å². The number of nitrogens with one attached hydrogen (secondary N) is 1. The second-order valence-corrected chi connectivity index (χ2v) is 7.59. The first-order chi connectivity index (χ1) is 12.7. The normalized spacial score (nSPS) is 23.0. The van der Waals surface area contributed by atoms with Crippen molar-refractivity contribution >= 4 is 5.82 Å². The number of likely N-dealkylation sites (tertiary alicyclic amines) is 1. The van der Waals surface area contributed by atoms with Gasteiger partial charge in [0.15, 0.2) is 0 Å². The molecule has 0 spiro atoms. The zero-order valence-corrected chi connectivity index (χ0v) is 15.5. The molecule has 0 saturated carbocycles. The van der Waals surface area contributed by atoms with E-state index >= 15 is 0 Å². The minimum atomic E-state index is -0.244. The topological polar surface area (TPSA) is 61.3 Å². The molecule has 1 aliphatic heterocycles. The molecule has 26 heavy (non-hydrogen) atoms. The Morgan fingerprint density at radius 2 is 1.96 bits per heavy atom. The van der Waals surface area contributed by atoms with Crippen LogP contribution in [0.3, 0.4) is 0 Å². The van der Waals surface area contributed by atoms with Gasteiger partial charge in [0.05, 0.1) is 6.10 Å². The molecule has 5 heteroatoms. The largest absolute Gasteiger partial charge is 0.392 e. The summed E-state index contributed by atoms with van der Waals surface area (Å²) in [5.41, 5.74) is 3.82. The van der Waals surface area contributed by atoms with Crippen LogP contribution in [0.1, 0.15) is 41.9 Å². The first-order valence-corrected chi connectivity index (χ1v) is 9.75. The molecular weight excluding hydrogens is 324 g/mol. The lowest BCUT2D eigenvalue weighted by Gasteiger charge is -2.26. The molecule has 0 amide bonds. The first kappa shape index (κ1) is 17.4. The monoisotopic (exact) mass is 352 g/mol. The van der Waals surface area contributed by atoms with Gasteiger partial charge in [-0.3, -0.25) is 4.90 Å². The molecule has 4 rings (SSSR count). The third kappa shape index (κ3) is 3.89. The van der Waals surface area contributed by atoms with Gasteiger partial charge in [-0.25, -0.2) is 9.97 Å². The first-order valence-electron chi connectivity index (χ1n) is 9.75. The second kappa shape index (κ2) is 7.72. The lowest BCUT2D eigenvalue weighted by Crippen LogP contribution is -2.35. The summed E-state index contributed by atoms with van der Waals surface area (Å²) in [7, 11) is 0. The minimum Gasteiger partial charge on any atom is -0.392 e. The Labute approximate surface area is 155 Å². The van der Waals surface area contributed by atoms with Gasteiger partial charge in [0.2, 0.25) is 0 Å². The lowest BCUT2D eigenvalue weighted by molar-refractivity contribution is 0.173.